The fourth-order valence-electron chi connectivity index (χ4n) is 3.77. The predicted octanol–water partition coefficient (Wildman–Crippen LogP) is 7.73. The lowest BCUT2D eigenvalue weighted by Crippen LogP contribution is -2.27. The molecule has 1 aliphatic rings. The van der Waals surface area contributed by atoms with Crippen LogP contribution in [0.15, 0.2) is 54.6 Å². The number of carbonyl (C=O) groups is 2. The third-order valence-corrected chi connectivity index (χ3v) is 7.82. The molecule has 1 fully saturated rings. The molecule has 1 N–H and O–H groups in total. The van der Waals surface area contributed by atoms with E-state index in [2.05, 4.69) is 5.32 Å². The van der Waals surface area contributed by atoms with Crippen LogP contribution in [0.1, 0.15) is 21.8 Å². The topological polar surface area (TPSA) is 49.4 Å². The van der Waals surface area contributed by atoms with E-state index in [9.17, 15) is 18.4 Å². The number of hydrogen-bond donors (Lipinski definition) is 1. The van der Waals surface area contributed by atoms with Crippen LogP contribution in [0.25, 0.3) is 0 Å². The maximum absolute atomic E-state index is 14.5. The number of amides is 2. The molecule has 1 saturated carbocycles. The molecular weight excluding hydrogens is 564 g/mol. The maximum Gasteiger partial charge on any atom is 0.261 e. The van der Waals surface area contributed by atoms with Crippen molar-refractivity contribution in [3.05, 3.63) is 92.4 Å². The van der Waals surface area contributed by atoms with Crippen molar-refractivity contribution in [2.75, 3.05) is 17.3 Å². The minimum atomic E-state index is -1.44. The summed E-state index contributed by atoms with van der Waals surface area (Å²) in [6.45, 7) is 0. The minimum absolute atomic E-state index is 0.161. The van der Waals surface area contributed by atoms with Crippen LogP contribution in [0.3, 0.4) is 0 Å². The summed E-state index contributed by atoms with van der Waals surface area (Å²) < 4.78 is 26.2. The molecule has 182 valence electrons. The second-order valence-corrected chi connectivity index (χ2v) is 10.6. The lowest BCUT2D eigenvalue weighted by molar-refractivity contribution is -0.117. The highest BCUT2D eigenvalue weighted by Crippen LogP contribution is 2.65. The second-order valence-electron chi connectivity index (χ2n) is 7.95. The molecule has 2 amide bonds. The van der Waals surface area contributed by atoms with Gasteiger partial charge in [0, 0.05) is 24.3 Å². The average molecular weight is 579 g/mol. The van der Waals surface area contributed by atoms with Gasteiger partial charge in [0.1, 0.15) is 16.0 Å². The molecule has 35 heavy (non-hydrogen) atoms. The Morgan fingerprint density at radius 1 is 0.943 bits per heavy atom. The summed E-state index contributed by atoms with van der Waals surface area (Å²) in [7, 11) is 1.42. The van der Waals surface area contributed by atoms with E-state index in [1.54, 1.807) is 0 Å². The Hall–Kier alpha value is -2.09. The molecule has 1 aliphatic carbocycles. The monoisotopic (exact) mass is 576 g/mol. The number of nitrogens with zero attached hydrogens (tertiary/aromatic N) is 1. The lowest BCUT2D eigenvalue weighted by Gasteiger charge is -2.18. The quantitative estimate of drug-likeness (QED) is 0.249. The van der Waals surface area contributed by atoms with Crippen LogP contribution in [0.4, 0.5) is 20.2 Å². The molecule has 0 heterocycles. The molecule has 11 heteroatoms. The molecule has 2 atom stereocenters. The van der Waals surface area contributed by atoms with Crippen molar-refractivity contribution in [1.82, 2.24) is 0 Å². The van der Waals surface area contributed by atoms with Crippen molar-refractivity contribution >= 4 is 81.2 Å². The Morgan fingerprint density at radius 3 is 2.14 bits per heavy atom. The van der Waals surface area contributed by atoms with Crippen LogP contribution in [0.2, 0.25) is 15.1 Å². The molecule has 3 aromatic carbocycles. The van der Waals surface area contributed by atoms with Gasteiger partial charge in [-0.2, -0.15) is 0 Å². The van der Waals surface area contributed by atoms with Crippen molar-refractivity contribution < 1.29 is 18.4 Å². The molecule has 0 spiro atoms. The Labute approximate surface area is 224 Å². The number of alkyl halides is 2. The molecule has 4 rings (SSSR count). The molecule has 0 aliphatic heterocycles. The maximum atomic E-state index is 14.5. The zero-order valence-corrected chi connectivity index (χ0v) is 21.5. The summed E-state index contributed by atoms with van der Waals surface area (Å²) in [5, 5.41) is 3.17. The summed E-state index contributed by atoms with van der Waals surface area (Å²) in [6, 6.07) is 11.8. The summed E-state index contributed by atoms with van der Waals surface area (Å²) >= 11 is 30.9. The lowest BCUT2D eigenvalue weighted by atomic mass is 10.1. The largest absolute Gasteiger partial charge is 0.326 e. The van der Waals surface area contributed by atoms with Crippen LogP contribution < -0.4 is 10.2 Å². The summed E-state index contributed by atoms with van der Waals surface area (Å²) in [5.74, 6) is -3.99. The van der Waals surface area contributed by atoms with E-state index in [0.717, 1.165) is 11.0 Å². The first-order valence-corrected chi connectivity index (χ1v) is 12.0. The van der Waals surface area contributed by atoms with Gasteiger partial charge in [-0.25, -0.2) is 8.78 Å². The molecule has 3 aromatic rings. The van der Waals surface area contributed by atoms with Gasteiger partial charge in [-0.1, -0.05) is 34.8 Å². The van der Waals surface area contributed by atoms with Crippen LogP contribution >= 0.6 is 58.0 Å². The number of carbonyl (C=O) groups excluding carboxylic acids is 2. The number of benzene rings is 3. The van der Waals surface area contributed by atoms with Gasteiger partial charge >= 0.3 is 0 Å². The van der Waals surface area contributed by atoms with Gasteiger partial charge in [0.15, 0.2) is 0 Å². The summed E-state index contributed by atoms with van der Waals surface area (Å²) in [6.07, 6.45) is 0. The van der Waals surface area contributed by atoms with Crippen LogP contribution in [0.5, 0.6) is 0 Å². The fraction of sp³-hybridized carbons (Fsp3) is 0.167. The van der Waals surface area contributed by atoms with Crippen molar-refractivity contribution in [2.24, 2.45) is 5.92 Å². The molecule has 0 aromatic heterocycles. The molecular formula is C24H15Cl5F2N2O2. The van der Waals surface area contributed by atoms with E-state index in [-0.39, 0.29) is 26.3 Å². The van der Waals surface area contributed by atoms with E-state index in [1.807, 2.05) is 0 Å². The highest BCUT2D eigenvalue weighted by Gasteiger charge is 2.67. The number of halogens is 7. The van der Waals surface area contributed by atoms with Gasteiger partial charge in [-0.15, -0.1) is 23.2 Å². The third kappa shape index (κ3) is 5.09. The number of anilines is 2. The van der Waals surface area contributed by atoms with Gasteiger partial charge < -0.3 is 10.2 Å². The Kier molecular flexibility index (Phi) is 7.24. The average Bonchev–Trinajstić information content (AvgIpc) is 3.40. The van der Waals surface area contributed by atoms with Crippen LogP contribution in [0, 0.1) is 17.6 Å². The van der Waals surface area contributed by atoms with Crippen LogP contribution in [-0.4, -0.2) is 23.2 Å². The zero-order valence-electron chi connectivity index (χ0n) is 17.8. The molecule has 0 radical (unpaired) electrons. The third-order valence-electron chi connectivity index (χ3n) is 5.68. The van der Waals surface area contributed by atoms with Gasteiger partial charge in [-0.3, -0.25) is 9.59 Å². The molecule has 0 saturated heterocycles. The van der Waals surface area contributed by atoms with E-state index in [0.29, 0.717) is 11.3 Å². The zero-order chi connectivity index (χ0) is 25.7. The van der Waals surface area contributed by atoms with E-state index >= 15 is 0 Å². The van der Waals surface area contributed by atoms with Gasteiger partial charge in [-0.05, 0) is 60.2 Å². The Bertz CT molecular complexity index is 1310. The number of hydrogen-bond acceptors (Lipinski definition) is 2. The minimum Gasteiger partial charge on any atom is -0.326 e. The number of rotatable bonds is 5. The first kappa shape index (κ1) is 26.0. The van der Waals surface area contributed by atoms with E-state index < -0.39 is 39.6 Å². The predicted molar refractivity (Wildman–Crippen MR) is 136 cm³/mol. The fourth-order valence-corrected chi connectivity index (χ4v) is 5.21. The summed E-state index contributed by atoms with van der Waals surface area (Å²) in [5.41, 5.74) is 0.765. The van der Waals surface area contributed by atoms with Crippen molar-refractivity contribution in [2.45, 2.75) is 10.3 Å². The van der Waals surface area contributed by atoms with Gasteiger partial charge in [0.25, 0.3) is 5.91 Å². The van der Waals surface area contributed by atoms with E-state index in [4.69, 9.17) is 58.0 Å². The van der Waals surface area contributed by atoms with Gasteiger partial charge in [0.05, 0.1) is 26.5 Å². The normalized spacial score (nSPS) is 18.2. The van der Waals surface area contributed by atoms with Crippen molar-refractivity contribution in [3.8, 4) is 0 Å². The molecule has 4 nitrogen and oxygen atoms in total. The number of nitrogens with one attached hydrogen (secondary N) is 1. The van der Waals surface area contributed by atoms with E-state index in [1.165, 1.54) is 55.6 Å². The molecule has 0 bridgehead atoms. The highest BCUT2D eigenvalue weighted by molar-refractivity contribution is 6.54. The second kappa shape index (κ2) is 9.75. The van der Waals surface area contributed by atoms with Gasteiger partial charge in [0.2, 0.25) is 5.91 Å². The smallest absolute Gasteiger partial charge is 0.261 e. The SMILES string of the molecule is CN(C(=O)c1cc(NC(=O)C2C(c3cc(Cl)c(Cl)c(Cl)c3)C2(Cl)Cl)ccc1F)c1ccc(F)cc1. The standard InChI is InChI=1S/C24H15Cl5F2N2O2/c1-33(14-5-2-12(30)3-6-14)23(35)15-10-13(4-7-18(15)31)32-22(34)20-19(24(20,28)29)11-8-16(25)21(27)17(26)9-11/h2-10,19-20H,1H3,(H,32,34). The van der Waals surface area contributed by atoms with Crippen molar-refractivity contribution in [1.29, 1.82) is 0 Å². The Balaban J connectivity index is 1.54. The highest BCUT2D eigenvalue weighted by atomic mass is 35.5. The summed E-state index contributed by atoms with van der Waals surface area (Å²) in [4.78, 5) is 27.0. The first-order valence-electron chi connectivity index (χ1n) is 10.1. The Morgan fingerprint density at radius 2 is 1.54 bits per heavy atom. The molecule has 2 unspecified atom stereocenters. The van der Waals surface area contributed by atoms with Crippen molar-refractivity contribution in [3.63, 3.8) is 0 Å². The first-order chi connectivity index (χ1) is 16.4. The van der Waals surface area contributed by atoms with Crippen LogP contribution in [-0.2, 0) is 4.79 Å².